The molecular weight excluding hydrogens is 244 g/mol. The number of hydrogen-bond donors (Lipinski definition) is 2. The molecule has 0 fully saturated rings. The van der Waals surface area contributed by atoms with Crippen molar-refractivity contribution in [1.29, 1.82) is 0 Å². The van der Waals surface area contributed by atoms with Crippen molar-refractivity contribution < 1.29 is 10.0 Å². The van der Waals surface area contributed by atoms with Crippen molar-refractivity contribution in [1.82, 2.24) is 9.88 Å². The summed E-state index contributed by atoms with van der Waals surface area (Å²) in [5.41, 5.74) is 6.26. The summed E-state index contributed by atoms with van der Waals surface area (Å²) >= 11 is 0. The van der Waals surface area contributed by atoms with Gasteiger partial charge in [-0.25, -0.2) is 0 Å². The molecule has 0 aromatic carbocycles. The number of nitrogens with zero attached hydrogens (tertiary/aromatic N) is 3. The topological polar surface area (TPSA) is 91.8 Å². The first-order chi connectivity index (χ1) is 9.10. The lowest BCUT2D eigenvalue weighted by molar-refractivity contribution is 0.0787. The second kappa shape index (κ2) is 7.35. The summed E-state index contributed by atoms with van der Waals surface area (Å²) in [5, 5.41) is 11.4. The van der Waals surface area contributed by atoms with Gasteiger partial charge in [0.25, 0.3) is 5.91 Å². The number of carbonyl (C=O) groups excluding carboxylic acids is 1. The third-order valence-corrected chi connectivity index (χ3v) is 2.83. The second-order valence-corrected chi connectivity index (χ2v) is 4.35. The summed E-state index contributed by atoms with van der Waals surface area (Å²) in [4.78, 5) is 17.7. The van der Waals surface area contributed by atoms with E-state index in [4.69, 9.17) is 10.9 Å². The Bertz CT molecular complexity index is 442. The lowest BCUT2D eigenvalue weighted by Gasteiger charge is -2.16. The lowest BCUT2D eigenvalue weighted by Crippen LogP contribution is -2.28. The van der Waals surface area contributed by atoms with E-state index in [-0.39, 0.29) is 11.7 Å². The highest BCUT2D eigenvalue weighted by atomic mass is 16.4. The van der Waals surface area contributed by atoms with E-state index < -0.39 is 0 Å². The van der Waals surface area contributed by atoms with Crippen LogP contribution in [0.3, 0.4) is 0 Å². The van der Waals surface area contributed by atoms with Crippen LogP contribution in [-0.4, -0.2) is 40.4 Å². The van der Waals surface area contributed by atoms with E-state index in [2.05, 4.69) is 17.1 Å². The second-order valence-electron chi connectivity index (χ2n) is 4.35. The average molecular weight is 264 g/mol. The number of amides is 1. The van der Waals surface area contributed by atoms with Crippen molar-refractivity contribution in [2.45, 2.75) is 26.2 Å². The molecule has 19 heavy (non-hydrogen) atoms. The Kier molecular flexibility index (Phi) is 5.78. The van der Waals surface area contributed by atoms with Gasteiger partial charge in [-0.2, -0.15) is 0 Å². The molecule has 0 atom stereocenters. The summed E-state index contributed by atoms with van der Waals surface area (Å²) in [7, 11) is 1.76. The standard InChI is InChI=1S/C13H20N4O2/c1-3-4-5-8-17(2)13(18)11-7-6-10(9-15-11)12(14)16-19/h6-7,9,19H,3-5,8H2,1-2H3,(H2,14,16). The minimum Gasteiger partial charge on any atom is -0.409 e. The number of carbonyl (C=O) groups is 1. The molecule has 1 rings (SSSR count). The molecule has 104 valence electrons. The van der Waals surface area contributed by atoms with Crippen LogP contribution in [0.4, 0.5) is 0 Å². The van der Waals surface area contributed by atoms with Crippen molar-refractivity contribution in [2.75, 3.05) is 13.6 Å². The van der Waals surface area contributed by atoms with E-state index >= 15 is 0 Å². The Morgan fingerprint density at radius 3 is 2.74 bits per heavy atom. The van der Waals surface area contributed by atoms with Gasteiger partial charge in [0.15, 0.2) is 5.84 Å². The van der Waals surface area contributed by atoms with Gasteiger partial charge in [-0.1, -0.05) is 24.9 Å². The first-order valence-electron chi connectivity index (χ1n) is 6.29. The third kappa shape index (κ3) is 4.24. The predicted octanol–water partition coefficient (Wildman–Crippen LogP) is 1.44. The molecule has 0 aliphatic heterocycles. The number of unbranched alkanes of at least 4 members (excludes halogenated alkanes) is 2. The molecule has 6 heteroatoms. The fraction of sp³-hybridized carbons (Fsp3) is 0.462. The Morgan fingerprint density at radius 2 is 2.21 bits per heavy atom. The Morgan fingerprint density at radius 1 is 1.47 bits per heavy atom. The predicted molar refractivity (Wildman–Crippen MR) is 73.2 cm³/mol. The molecular formula is C13H20N4O2. The zero-order chi connectivity index (χ0) is 14.3. The molecule has 0 aliphatic carbocycles. The largest absolute Gasteiger partial charge is 0.409 e. The van der Waals surface area contributed by atoms with Crippen molar-refractivity contribution in [2.24, 2.45) is 10.9 Å². The molecule has 1 aromatic heterocycles. The zero-order valence-corrected chi connectivity index (χ0v) is 11.3. The number of pyridine rings is 1. The van der Waals surface area contributed by atoms with Crippen LogP contribution >= 0.6 is 0 Å². The van der Waals surface area contributed by atoms with Crippen LogP contribution in [0.5, 0.6) is 0 Å². The van der Waals surface area contributed by atoms with Gasteiger partial charge in [0.2, 0.25) is 0 Å². The fourth-order valence-corrected chi connectivity index (χ4v) is 1.63. The minimum absolute atomic E-state index is 0.0252. The quantitative estimate of drug-likeness (QED) is 0.267. The van der Waals surface area contributed by atoms with Crippen LogP contribution in [0.25, 0.3) is 0 Å². The number of hydrogen-bond acceptors (Lipinski definition) is 4. The highest BCUT2D eigenvalue weighted by molar-refractivity contribution is 5.98. The van der Waals surface area contributed by atoms with Gasteiger partial charge < -0.3 is 15.8 Å². The van der Waals surface area contributed by atoms with E-state index in [1.54, 1.807) is 24.1 Å². The van der Waals surface area contributed by atoms with Crippen LogP contribution in [0.15, 0.2) is 23.5 Å². The Balaban J connectivity index is 2.67. The molecule has 0 aliphatic rings. The zero-order valence-electron chi connectivity index (χ0n) is 11.3. The number of aromatic nitrogens is 1. The van der Waals surface area contributed by atoms with Gasteiger partial charge in [-0.3, -0.25) is 9.78 Å². The highest BCUT2D eigenvalue weighted by Crippen LogP contribution is 2.05. The maximum Gasteiger partial charge on any atom is 0.272 e. The SMILES string of the molecule is CCCCCN(C)C(=O)c1ccc(C(N)=NO)cn1. The lowest BCUT2D eigenvalue weighted by atomic mass is 10.2. The molecule has 0 radical (unpaired) electrons. The van der Waals surface area contributed by atoms with Crippen LogP contribution in [0, 0.1) is 0 Å². The van der Waals surface area contributed by atoms with Crippen LogP contribution < -0.4 is 5.73 Å². The number of rotatable bonds is 6. The molecule has 1 heterocycles. The molecule has 3 N–H and O–H groups in total. The molecule has 6 nitrogen and oxygen atoms in total. The highest BCUT2D eigenvalue weighted by Gasteiger charge is 2.12. The van der Waals surface area contributed by atoms with E-state index in [1.807, 2.05) is 0 Å². The van der Waals surface area contributed by atoms with Gasteiger partial charge in [0, 0.05) is 25.4 Å². The van der Waals surface area contributed by atoms with Crippen LogP contribution in [0.2, 0.25) is 0 Å². The molecule has 0 spiro atoms. The van der Waals surface area contributed by atoms with E-state index in [9.17, 15) is 4.79 Å². The van der Waals surface area contributed by atoms with E-state index in [1.165, 1.54) is 6.20 Å². The van der Waals surface area contributed by atoms with Gasteiger partial charge in [0.1, 0.15) is 5.69 Å². The fourth-order valence-electron chi connectivity index (χ4n) is 1.63. The summed E-state index contributed by atoms with van der Waals surface area (Å²) in [5.74, 6) is -0.148. The minimum atomic E-state index is -0.123. The van der Waals surface area contributed by atoms with Gasteiger partial charge in [0.05, 0.1) is 0 Å². The summed E-state index contributed by atoms with van der Waals surface area (Å²) in [6.07, 6.45) is 4.63. The monoisotopic (exact) mass is 264 g/mol. The van der Waals surface area contributed by atoms with Crippen LogP contribution in [-0.2, 0) is 0 Å². The van der Waals surface area contributed by atoms with Crippen molar-refractivity contribution in [3.8, 4) is 0 Å². The Labute approximate surface area is 112 Å². The molecule has 0 saturated carbocycles. The van der Waals surface area contributed by atoms with E-state index in [0.717, 1.165) is 25.8 Å². The Hall–Kier alpha value is -2.11. The van der Waals surface area contributed by atoms with Crippen molar-refractivity contribution in [3.63, 3.8) is 0 Å². The average Bonchev–Trinajstić information content (AvgIpc) is 2.46. The molecule has 0 unspecified atom stereocenters. The smallest absolute Gasteiger partial charge is 0.272 e. The van der Waals surface area contributed by atoms with Gasteiger partial charge >= 0.3 is 0 Å². The van der Waals surface area contributed by atoms with Crippen molar-refractivity contribution in [3.05, 3.63) is 29.6 Å². The number of nitrogens with two attached hydrogens (primary N) is 1. The molecule has 1 aromatic rings. The summed E-state index contributed by atoms with van der Waals surface area (Å²) in [6, 6.07) is 3.18. The number of oxime groups is 1. The maximum absolute atomic E-state index is 12.0. The first kappa shape index (κ1) is 14.9. The van der Waals surface area contributed by atoms with Crippen LogP contribution in [0.1, 0.15) is 42.2 Å². The van der Waals surface area contributed by atoms with E-state index in [0.29, 0.717) is 11.3 Å². The molecule has 0 bridgehead atoms. The summed E-state index contributed by atoms with van der Waals surface area (Å²) < 4.78 is 0. The normalized spacial score (nSPS) is 11.4. The van der Waals surface area contributed by atoms with Crippen molar-refractivity contribution >= 4 is 11.7 Å². The number of amidine groups is 1. The maximum atomic E-state index is 12.0. The first-order valence-corrected chi connectivity index (χ1v) is 6.29. The molecule has 1 amide bonds. The van der Waals surface area contributed by atoms with Gasteiger partial charge in [-0.15, -0.1) is 0 Å². The summed E-state index contributed by atoms with van der Waals surface area (Å²) in [6.45, 7) is 2.84. The third-order valence-electron chi connectivity index (χ3n) is 2.83. The van der Waals surface area contributed by atoms with Gasteiger partial charge in [-0.05, 0) is 18.6 Å². The molecule has 0 saturated heterocycles.